The maximum absolute atomic E-state index is 13.2. The minimum atomic E-state index is -0.286. The van der Waals surface area contributed by atoms with E-state index in [0.29, 0.717) is 24.0 Å². The first kappa shape index (κ1) is 22.2. The van der Waals surface area contributed by atoms with E-state index in [1.54, 1.807) is 18.3 Å². The van der Waals surface area contributed by atoms with Gasteiger partial charge in [-0.15, -0.1) is 0 Å². The Morgan fingerprint density at radius 2 is 1.91 bits per heavy atom. The van der Waals surface area contributed by atoms with Crippen molar-refractivity contribution in [1.29, 1.82) is 0 Å². The predicted octanol–water partition coefficient (Wildman–Crippen LogP) is 5.50. The third kappa shape index (κ3) is 5.25. The fourth-order valence-corrected chi connectivity index (χ4v) is 4.54. The van der Waals surface area contributed by atoms with Crippen LogP contribution in [0.4, 0.5) is 15.9 Å². The van der Waals surface area contributed by atoms with E-state index in [4.69, 9.17) is 0 Å². The molecule has 2 heterocycles. The van der Waals surface area contributed by atoms with Crippen molar-refractivity contribution in [3.05, 3.63) is 66.1 Å². The molecule has 2 N–H and O–H groups in total. The van der Waals surface area contributed by atoms with Gasteiger partial charge in [0, 0.05) is 36.4 Å². The van der Waals surface area contributed by atoms with Crippen LogP contribution in [0.15, 0.2) is 54.7 Å². The Hall–Kier alpha value is -2.99. The molecule has 1 unspecified atom stereocenters. The van der Waals surface area contributed by atoms with E-state index < -0.39 is 0 Å². The first-order valence-electron chi connectivity index (χ1n) is 11.6. The van der Waals surface area contributed by atoms with Crippen LogP contribution in [0, 0.1) is 5.82 Å². The standard InChI is InChI=1S/C26H31FN4O/c1-2-21-8-5-6-16-31(21)17-7-15-28-26(32)24-18-29-25(23-10-4-3-9-22(23)24)30-20-13-11-19(27)12-14-20/h3-4,9-14,18,21H,2,5-8,15-17H2,1H3,(H,28,32)(H,29,30). The molecule has 6 heteroatoms. The van der Waals surface area contributed by atoms with Gasteiger partial charge in [-0.25, -0.2) is 9.37 Å². The van der Waals surface area contributed by atoms with Crippen molar-refractivity contribution in [2.24, 2.45) is 0 Å². The van der Waals surface area contributed by atoms with Crippen LogP contribution < -0.4 is 10.6 Å². The summed E-state index contributed by atoms with van der Waals surface area (Å²) in [5, 5.41) is 7.98. The molecule has 1 fully saturated rings. The van der Waals surface area contributed by atoms with Gasteiger partial charge in [0.1, 0.15) is 11.6 Å². The number of fused-ring (bicyclic) bond motifs is 1. The minimum Gasteiger partial charge on any atom is -0.352 e. The SMILES string of the molecule is CCC1CCCCN1CCCNC(=O)c1cnc(Nc2ccc(F)cc2)c2ccccc12. The fourth-order valence-electron chi connectivity index (χ4n) is 4.54. The lowest BCUT2D eigenvalue weighted by Gasteiger charge is -2.35. The van der Waals surface area contributed by atoms with Gasteiger partial charge in [0.15, 0.2) is 0 Å². The number of carbonyl (C=O) groups excluding carboxylic acids is 1. The zero-order valence-corrected chi connectivity index (χ0v) is 18.6. The van der Waals surface area contributed by atoms with Gasteiger partial charge in [-0.2, -0.15) is 0 Å². The molecule has 1 saturated heterocycles. The van der Waals surface area contributed by atoms with E-state index in [9.17, 15) is 9.18 Å². The molecule has 32 heavy (non-hydrogen) atoms. The number of amides is 1. The number of likely N-dealkylation sites (tertiary alicyclic amines) is 1. The average Bonchev–Trinajstić information content (AvgIpc) is 2.83. The second-order valence-electron chi connectivity index (χ2n) is 8.40. The van der Waals surface area contributed by atoms with Gasteiger partial charge in [0.25, 0.3) is 5.91 Å². The molecular weight excluding hydrogens is 403 g/mol. The number of benzene rings is 2. The Morgan fingerprint density at radius 1 is 1.12 bits per heavy atom. The molecule has 1 aromatic heterocycles. The number of aromatic nitrogens is 1. The van der Waals surface area contributed by atoms with Crippen LogP contribution in [0.25, 0.3) is 10.8 Å². The molecule has 4 rings (SSSR count). The molecule has 0 bridgehead atoms. The van der Waals surface area contributed by atoms with Crippen LogP contribution in [-0.4, -0.2) is 41.5 Å². The van der Waals surface area contributed by atoms with E-state index in [2.05, 4.69) is 27.4 Å². The van der Waals surface area contributed by atoms with Crippen LogP contribution in [0.1, 0.15) is 49.4 Å². The van der Waals surface area contributed by atoms with Crippen LogP contribution >= 0.6 is 0 Å². The van der Waals surface area contributed by atoms with Gasteiger partial charge in [-0.1, -0.05) is 37.6 Å². The van der Waals surface area contributed by atoms with Crippen LogP contribution in [-0.2, 0) is 0 Å². The highest BCUT2D eigenvalue weighted by molar-refractivity contribution is 6.09. The summed E-state index contributed by atoms with van der Waals surface area (Å²) >= 11 is 0. The molecule has 1 atom stereocenters. The second-order valence-corrected chi connectivity index (χ2v) is 8.40. The number of hydrogen-bond donors (Lipinski definition) is 2. The molecular formula is C26H31FN4O. The highest BCUT2D eigenvalue weighted by atomic mass is 19.1. The monoisotopic (exact) mass is 434 g/mol. The topological polar surface area (TPSA) is 57.3 Å². The molecule has 1 aliphatic heterocycles. The second kappa shape index (κ2) is 10.6. The highest BCUT2D eigenvalue weighted by Crippen LogP contribution is 2.27. The molecule has 0 radical (unpaired) electrons. The number of halogens is 1. The maximum atomic E-state index is 13.2. The number of pyridine rings is 1. The molecule has 0 aliphatic carbocycles. The summed E-state index contributed by atoms with van der Waals surface area (Å²) in [6.07, 6.45) is 7.65. The Kier molecular flexibility index (Phi) is 7.32. The van der Waals surface area contributed by atoms with Gasteiger partial charge >= 0.3 is 0 Å². The van der Waals surface area contributed by atoms with Crippen molar-refractivity contribution in [3.8, 4) is 0 Å². The van der Waals surface area contributed by atoms with Crippen LogP contribution in [0.5, 0.6) is 0 Å². The van der Waals surface area contributed by atoms with Crippen molar-refractivity contribution in [1.82, 2.24) is 15.2 Å². The normalized spacial score (nSPS) is 16.8. The van der Waals surface area contributed by atoms with Crippen molar-refractivity contribution in [2.45, 2.75) is 45.1 Å². The smallest absolute Gasteiger partial charge is 0.253 e. The first-order chi connectivity index (χ1) is 15.7. The molecule has 0 saturated carbocycles. The van der Waals surface area contributed by atoms with E-state index >= 15 is 0 Å². The number of rotatable bonds is 8. The molecule has 2 aromatic carbocycles. The number of nitrogens with zero attached hydrogens (tertiary/aromatic N) is 2. The third-order valence-electron chi connectivity index (χ3n) is 6.27. The summed E-state index contributed by atoms with van der Waals surface area (Å²) in [6.45, 7) is 5.11. The largest absolute Gasteiger partial charge is 0.352 e. The summed E-state index contributed by atoms with van der Waals surface area (Å²) in [4.78, 5) is 20.0. The van der Waals surface area contributed by atoms with Crippen molar-refractivity contribution in [2.75, 3.05) is 25.0 Å². The zero-order valence-electron chi connectivity index (χ0n) is 18.6. The summed E-state index contributed by atoms with van der Waals surface area (Å²) in [5.74, 6) is 0.248. The predicted molar refractivity (Wildman–Crippen MR) is 128 cm³/mol. The average molecular weight is 435 g/mol. The van der Waals surface area contributed by atoms with Crippen molar-refractivity contribution < 1.29 is 9.18 Å². The van der Waals surface area contributed by atoms with E-state index in [1.165, 1.54) is 44.4 Å². The fraction of sp³-hybridized carbons (Fsp3) is 0.385. The lowest BCUT2D eigenvalue weighted by molar-refractivity contribution is 0.0948. The molecule has 1 amide bonds. The third-order valence-corrected chi connectivity index (χ3v) is 6.27. The van der Waals surface area contributed by atoms with E-state index in [-0.39, 0.29) is 11.7 Å². The van der Waals surface area contributed by atoms with Crippen LogP contribution in [0.3, 0.4) is 0 Å². The van der Waals surface area contributed by atoms with Crippen molar-refractivity contribution in [3.63, 3.8) is 0 Å². The lowest BCUT2D eigenvalue weighted by Crippen LogP contribution is -2.40. The number of carbonyl (C=O) groups is 1. The Balaban J connectivity index is 1.41. The Labute approximate surface area is 189 Å². The van der Waals surface area contributed by atoms with Crippen molar-refractivity contribution >= 4 is 28.2 Å². The van der Waals surface area contributed by atoms with Gasteiger partial charge in [-0.3, -0.25) is 4.79 Å². The molecule has 5 nitrogen and oxygen atoms in total. The molecule has 3 aromatic rings. The number of hydrogen-bond acceptors (Lipinski definition) is 4. The summed E-state index contributed by atoms with van der Waals surface area (Å²) in [6, 6.07) is 14.5. The van der Waals surface area contributed by atoms with Gasteiger partial charge in [-0.05, 0) is 61.9 Å². The summed E-state index contributed by atoms with van der Waals surface area (Å²) in [5.41, 5.74) is 1.30. The van der Waals surface area contributed by atoms with Gasteiger partial charge < -0.3 is 15.5 Å². The van der Waals surface area contributed by atoms with E-state index in [0.717, 1.165) is 29.4 Å². The van der Waals surface area contributed by atoms with Gasteiger partial charge in [0.2, 0.25) is 0 Å². The molecule has 168 valence electrons. The Morgan fingerprint density at radius 3 is 2.69 bits per heavy atom. The van der Waals surface area contributed by atoms with Crippen LogP contribution in [0.2, 0.25) is 0 Å². The summed E-state index contributed by atoms with van der Waals surface area (Å²) in [7, 11) is 0. The summed E-state index contributed by atoms with van der Waals surface area (Å²) < 4.78 is 13.2. The zero-order chi connectivity index (χ0) is 22.3. The number of piperidine rings is 1. The molecule has 0 spiro atoms. The van der Waals surface area contributed by atoms with Gasteiger partial charge in [0.05, 0.1) is 5.56 Å². The minimum absolute atomic E-state index is 0.104. The highest BCUT2D eigenvalue weighted by Gasteiger charge is 2.20. The first-order valence-corrected chi connectivity index (χ1v) is 11.6. The quantitative estimate of drug-likeness (QED) is 0.460. The number of nitrogens with one attached hydrogen (secondary N) is 2. The molecule has 1 aliphatic rings. The maximum Gasteiger partial charge on any atom is 0.253 e. The lowest BCUT2D eigenvalue weighted by atomic mass is 10.00. The Bertz CT molecular complexity index is 1050. The number of anilines is 2. The van der Waals surface area contributed by atoms with E-state index in [1.807, 2.05) is 24.3 Å².